The van der Waals surface area contributed by atoms with E-state index in [9.17, 15) is 0 Å². The summed E-state index contributed by atoms with van der Waals surface area (Å²) in [6.07, 6.45) is 21.1. The summed E-state index contributed by atoms with van der Waals surface area (Å²) < 4.78 is 18.7. The second kappa shape index (κ2) is 20.4. The highest BCUT2D eigenvalue weighted by molar-refractivity contribution is 6.84. The highest BCUT2D eigenvalue weighted by Crippen LogP contribution is 2.20. The predicted octanol–water partition coefficient (Wildman–Crippen LogP) is 8.91. The Balaban J connectivity index is 3.84. The molecule has 0 N–H and O–H groups in total. The Morgan fingerprint density at radius 1 is 0.516 bits per heavy atom. The van der Waals surface area contributed by atoms with Gasteiger partial charge in [0.2, 0.25) is 0 Å². The average Bonchev–Trinajstić information content (AvgIpc) is 2.77. The van der Waals surface area contributed by atoms with E-state index in [1.54, 1.807) is 0 Å². The van der Waals surface area contributed by atoms with Crippen molar-refractivity contribution in [1.82, 2.24) is 0 Å². The standard InChI is InChI=1S/C26H54O3Si2/c1-7-11-13-14-15-16-17-18-19-20-21-22-24-26-28-31(6,10-4)29-30(5,9-3)27-25-23-12-8-2/h9-10H,3-4,7-8,11-26H2,1-2,5-6H3. The zero-order valence-corrected chi connectivity index (χ0v) is 23.5. The molecule has 0 aromatic heterocycles. The molecule has 0 heterocycles. The molecule has 0 spiro atoms. The van der Waals surface area contributed by atoms with Gasteiger partial charge in [0.25, 0.3) is 0 Å². The van der Waals surface area contributed by atoms with Crippen molar-refractivity contribution in [1.29, 1.82) is 0 Å². The first-order valence-electron chi connectivity index (χ1n) is 13.2. The first kappa shape index (κ1) is 30.8. The van der Waals surface area contributed by atoms with Gasteiger partial charge in [-0.15, -0.1) is 13.2 Å². The van der Waals surface area contributed by atoms with Crippen LogP contribution in [0.25, 0.3) is 0 Å². The molecular formula is C26H54O3Si2. The Hall–Kier alpha value is -0.206. The minimum atomic E-state index is -2.42. The highest BCUT2D eigenvalue weighted by atomic mass is 28.5. The van der Waals surface area contributed by atoms with Crippen LogP contribution in [0.1, 0.15) is 117 Å². The second-order valence-electron chi connectivity index (χ2n) is 9.19. The van der Waals surface area contributed by atoms with E-state index in [2.05, 4.69) is 40.1 Å². The largest absolute Gasteiger partial charge is 0.409 e. The van der Waals surface area contributed by atoms with Crippen LogP contribution in [0, 0.1) is 0 Å². The first-order valence-corrected chi connectivity index (χ1v) is 18.0. The van der Waals surface area contributed by atoms with Crippen LogP contribution in [-0.4, -0.2) is 30.3 Å². The van der Waals surface area contributed by atoms with Crippen molar-refractivity contribution in [2.75, 3.05) is 13.2 Å². The van der Waals surface area contributed by atoms with E-state index in [1.165, 1.54) is 89.9 Å². The van der Waals surface area contributed by atoms with Crippen LogP contribution < -0.4 is 0 Å². The summed E-state index contributed by atoms with van der Waals surface area (Å²) in [5.41, 5.74) is 3.77. The fourth-order valence-corrected chi connectivity index (χ4v) is 9.38. The fraction of sp³-hybridized carbons (Fsp3) is 0.846. The van der Waals surface area contributed by atoms with Gasteiger partial charge in [0, 0.05) is 13.2 Å². The van der Waals surface area contributed by atoms with Crippen LogP contribution in [0.5, 0.6) is 0 Å². The normalized spacial score (nSPS) is 15.4. The average molecular weight is 471 g/mol. The molecule has 2 atom stereocenters. The van der Waals surface area contributed by atoms with E-state index in [4.69, 9.17) is 13.0 Å². The molecule has 0 radical (unpaired) electrons. The highest BCUT2D eigenvalue weighted by Gasteiger charge is 2.39. The Bertz CT molecular complexity index is 433. The molecule has 31 heavy (non-hydrogen) atoms. The molecule has 0 saturated heterocycles. The maximum absolute atomic E-state index is 6.41. The Kier molecular flexibility index (Phi) is 20.3. The number of unbranched alkanes of at least 4 members (excludes halogenated alkanes) is 14. The third kappa shape index (κ3) is 18.0. The van der Waals surface area contributed by atoms with Crippen LogP contribution in [-0.2, 0) is 13.0 Å². The van der Waals surface area contributed by atoms with E-state index in [0.717, 1.165) is 26.1 Å². The van der Waals surface area contributed by atoms with Crippen molar-refractivity contribution >= 4 is 17.1 Å². The van der Waals surface area contributed by atoms with Gasteiger partial charge >= 0.3 is 17.1 Å². The van der Waals surface area contributed by atoms with Gasteiger partial charge in [-0.05, 0) is 25.9 Å². The van der Waals surface area contributed by atoms with E-state index >= 15 is 0 Å². The van der Waals surface area contributed by atoms with Crippen LogP contribution in [0.15, 0.2) is 24.6 Å². The molecular weight excluding hydrogens is 416 g/mol. The van der Waals surface area contributed by atoms with E-state index in [-0.39, 0.29) is 0 Å². The minimum absolute atomic E-state index is 0.739. The lowest BCUT2D eigenvalue weighted by Gasteiger charge is -2.33. The van der Waals surface area contributed by atoms with Crippen molar-refractivity contribution in [3.05, 3.63) is 24.6 Å². The monoisotopic (exact) mass is 470 g/mol. The second-order valence-corrected chi connectivity index (χ2v) is 15.5. The molecule has 184 valence electrons. The fourth-order valence-electron chi connectivity index (χ4n) is 3.68. The van der Waals surface area contributed by atoms with Crippen molar-refractivity contribution in [2.24, 2.45) is 0 Å². The molecule has 0 aromatic rings. The van der Waals surface area contributed by atoms with Gasteiger partial charge in [0.15, 0.2) is 0 Å². The van der Waals surface area contributed by atoms with Gasteiger partial charge in [-0.3, -0.25) is 0 Å². The van der Waals surface area contributed by atoms with Crippen molar-refractivity contribution < 1.29 is 13.0 Å². The summed E-state index contributed by atoms with van der Waals surface area (Å²) in [5.74, 6) is 0. The summed E-state index contributed by atoms with van der Waals surface area (Å²) >= 11 is 0. The van der Waals surface area contributed by atoms with Crippen LogP contribution in [0.2, 0.25) is 13.1 Å². The third-order valence-electron chi connectivity index (χ3n) is 5.92. The number of hydrogen-bond acceptors (Lipinski definition) is 3. The topological polar surface area (TPSA) is 27.7 Å². The summed E-state index contributed by atoms with van der Waals surface area (Å²) in [5, 5.41) is 0. The van der Waals surface area contributed by atoms with Crippen LogP contribution in [0.4, 0.5) is 0 Å². The van der Waals surface area contributed by atoms with Gasteiger partial charge < -0.3 is 13.0 Å². The predicted molar refractivity (Wildman–Crippen MR) is 142 cm³/mol. The van der Waals surface area contributed by atoms with E-state index < -0.39 is 17.1 Å². The molecule has 0 bridgehead atoms. The first-order chi connectivity index (χ1) is 14.9. The smallest absolute Gasteiger partial charge is 0.352 e. The van der Waals surface area contributed by atoms with E-state index in [1.807, 2.05) is 11.4 Å². The molecule has 0 saturated carbocycles. The van der Waals surface area contributed by atoms with Crippen LogP contribution >= 0.6 is 0 Å². The molecule has 0 aliphatic heterocycles. The lowest BCUT2D eigenvalue weighted by atomic mass is 10.0. The lowest BCUT2D eigenvalue weighted by Crippen LogP contribution is -2.50. The molecule has 0 aliphatic carbocycles. The minimum Gasteiger partial charge on any atom is -0.409 e. The molecule has 5 heteroatoms. The molecule has 0 rings (SSSR count). The van der Waals surface area contributed by atoms with Gasteiger partial charge in [-0.25, -0.2) is 0 Å². The maximum atomic E-state index is 6.41. The zero-order valence-electron chi connectivity index (χ0n) is 21.5. The quantitative estimate of drug-likeness (QED) is 0.104. The van der Waals surface area contributed by atoms with Gasteiger partial charge in [-0.2, -0.15) is 0 Å². The van der Waals surface area contributed by atoms with Crippen molar-refractivity contribution in [3.8, 4) is 0 Å². The zero-order chi connectivity index (χ0) is 23.3. The number of hydrogen-bond donors (Lipinski definition) is 0. The van der Waals surface area contributed by atoms with Crippen molar-refractivity contribution in [3.63, 3.8) is 0 Å². The third-order valence-corrected chi connectivity index (χ3v) is 12.2. The summed E-state index contributed by atoms with van der Waals surface area (Å²) in [6.45, 7) is 18.1. The van der Waals surface area contributed by atoms with Gasteiger partial charge in [0.1, 0.15) is 0 Å². The van der Waals surface area contributed by atoms with E-state index in [0.29, 0.717) is 0 Å². The summed E-state index contributed by atoms with van der Waals surface area (Å²) in [6, 6.07) is 0. The summed E-state index contributed by atoms with van der Waals surface area (Å²) in [4.78, 5) is 0. The molecule has 0 amide bonds. The van der Waals surface area contributed by atoms with Gasteiger partial charge in [-0.1, -0.05) is 115 Å². The molecule has 2 unspecified atom stereocenters. The molecule has 0 fully saturated rings. The molecule has 0 aromatic carbocycles. The van der Waals surface area contributed by atoms with Crippen LogP contribution in [0.3, 0.4) is 0 Å². The van der Waals surface area contributed by atoms with Gasteiger partial charge in [0.05, 0.1) is 0 Å². The number of rotatable bonds is 24. The Morgan fingerprint density at radius 3 is 1.16 bits per heavy atom. The Labute approximate surface area is 197 Å². The SMILES string of the molecule is C=C[Si](C)(OCCCCC)O[Si](C)(C=C)OCCCCCCCCCCCCCCC. The Morgan fingerprint density at radius 2 is 0.806 bits per heavy atom. The lowest BCUT2D eigenvalue weighted by molar-refractivity contribution is 0.197. The maximum Gasteiger partial charge on any atom is 0.352 e. The van der Waals surface area contributed by atoms with Crippen molar-refractivity contribution in [2.45, 2.75) is 130 Å². The molecule has 0 aliphatic rings. The summed E-state index contributed by atoms with van der Waals surface area (Å²) in [7, 11) is -4.83. The molecule has 3 nitrogen and oxygen atoms in total.